The third-order valence-electron chi connectivity index (χ3n) is 3.09. The smallest absolute Gasteiger partial charge is 0.293 e. The van der Waals surface area contributed by atoms with Crippen molar-refractivity contribution in [3.05, 3.63) is 69.5 Å². The van der Waals surface area contributed by atoms with Crippen LogP contribution >= 0.6 is 0 Å². The van der Waals surface area contributed by atoms with Crippen molar-refractivity contribution in [2.75, 3.05) is 12.4 Å². The van der Waals surface area contributed by atoms with Gasteiger partial charge in [-0.1, -0.05) is 12.1 Å². The normalized spacial score (nSPS) is 10.1. The molecule has 0 fully saturated rings. The van der Waals surface area contributed by atoms with Gasteiger partial charge >= 0.3 is 0 Å². The van der Waals surface area contributed by atoms with E-state index in [0.717, 1.165) is 5.56 Å². The third kappa shape index (κ3) is 3.57. The lowest BCUT2D eigenvalue weighted by Crippen LogP contribution is -2.22. The van der Waals surface area contributed by atoms with E-state index >= 15 is 0 Å². The van der Waals surface area contributed by atoms with E-state index in [2.05, 4.69) is 10.6 Å². The Kier molecular flexibility index (Phi) is 4.67. The van der Waals surface area contributed by atoms with Gasteiger partial charge in [0, 0.05) is 25.2 Å². The fourth-order valence-corrected chi connectivity index (χ4v) is 1.92. The lowest BCUT2D eigenvalue weighted by Gasteiger charge is -2.07. The molecule has 0 unspecified atom stereocenters. The van der Waals surface area contributed by atoms with Crippen LogP contribution in [0.5, 0.6) is 0 Å². The number of rotatable bonds is 5. The van der Waals surface area contributed by atoms with Crippen molar-refractivity contribution in [2.24, 2.45) is 0 Å². The van der Waals surface area contributed by atoms with Crippen LogP contribution in [0, 0.1) is 15.9 Å². The van der Waals surface area contributed by atoms with Crippen LogP contribution in [0.4, 0.5) is 15.8 Å². The largest absolute Gasteiger partial charge is 0.383 e. The number of anilines is 1. The minimum atomic E-state index is -0.553. The van der Waals surface area contributed by atoms with Crippen LogP contribution in [0.2, 0.25) is 0 Å². The van der Waals surface area contributed by atoms with Gasteiger partial charge in [-0.2, -0.15) is 0 Å². The molecule has 1 amide bonds. The molecule has 6 nitrogen and oxygen atoms in total. The van der Waals surface area contributed by atoms with Gasteiger partial charge < -0.3 is 10.6 Å². The molecular weight excluding hydrogens is 289 g/mol. The summed E-state index contributed by atoms with van der Waals surface area (Å²) in [5.41, 5.74) is 1.08. The van der Waals surface area contributed by atoms with Gasteiger partial charge in [-0.3, -0.25) is 14.9 Å². The van der Waals surface area contributed by atoms with Crippen LogP contribution in [0.3, 0.4) is 0 Å². The maximum Gasteiger partial charge on any atom is 0.293 e. The van der Waals surface area contributed by atoms with Crippen LogP contribution in [-0.2, 0) is 6.54 Å². The highest BCUT2D eigenvalue weighted by Gasteiger charge is 2.16. The molecule has 2 aromatic rings. The molecule has 0 saturated heterocycles. The number of nitro benzene ring substituents is 1. The first-order chi connectivity index (χ1) is 10.5. The number of amides is 1. The number of carbonyl (C=O) groups excluding carboxylic acids is 1. The number of hydrogen-bond acceptors (Lipinski definition) is 4. The second-order valence-electron chi connectivity index (χ2n) is 4.55. The third-order valence-corrected chi connectivity index (χ3v) is 3.09. The van der Waals surface area contributed by atoms with Gasteiger partial charge in [0.2, 0.25) is 0 Å². The first kappa shape index (κ1) is 15.4. The molecule has 0 atom stereocenters. The Labute approximate surface area is 126 Å². The minimum Gasteiger partial charge on any atom is -0.383 e. The topological polar surface area (TPSA) is 84.3 Å². The lowest BCUT2D eigenvalue weighted by atomic mass is 10.1. The fourth-order valence-electron chi connectivity index (χ4n) is 1.92. The van der Waals surface area contributed by atoms with E-state index in [1.54, 1.807) is 19.2 Å². The summed E-state index contributed by atoms with van der Waals surface area (Å²) in [4.78, 5) is 22.4. The zero-order chi connectivity index (χ0) is 16.1. The zero-order valence-corrected chi connectivity index (χ0v) is 11.8. The number of nitro groups is 1. The standard InChI is InChI=1S/C15H14FN3O3/c1-17-13-7-4-11(8-14(13)19(21)22)15(20)18-9-10-2-5-12(16)6-3-10/h2-8,17H,9H2,1H3,(H,18,20). The predicted octanol–water partition coefficient (Wildman–Crippen LogP) is 2.71. The van der Waals surface area contributed by atoms with Gasteiger partial charge in [0.1, 0.15) is 11.5 Å². The molecule has 114 valence electrons. The van der Waals surface area contributed by atoms with Crippen molar-refractivity contribution in [1.82, 2.24) is 5.32 Å². The summed E-state index contributed by atoms with van der Waals surface area (Å²) in [6, 6.07) is 9.90. The Balaban J connectivity index is 2.10. The molecule has 0 aliphatic rings. The number of benzene rings is 2. The SMILES string of the molecule is CNc1ccc(C(=O)NCc2ccc(F)cc2)cc1[N+](=O)[O-]. The van der Waals surface area contributed by atoms with Crippen molar-refractivity contribution in [3.8, 4) is 0 Å². The molecule has 0 saturated carbocycles. The summed E-state index contributed by atoms with van der Waals surface area (Å²) < 4.78 is 12.8. The molecule has 2 N–H and O–H groups in total. The van der Waals surface area contributed by atoms with E-state index in [0.29, 0.717) is 5.69 Å². The Morgan fingerprint density at radius 3 is 2.50 bits per heavy atom. The van der Waals surface area contributed by atoms with Crippen LogP contribution in [-0.4, -0.2) is 17.9 Å². The summed E-state index contributed by atoms with van der Waals surface area (Å²) >= 11 is 0. The van der Waals surface area contributed by atoms with Gasteiger partial charge in [0.05, 0.1) is 4.92 Å². The van der Waals surface area contributed by atoms with E-state index in [-0.39, 0.29) is 23.6 Å². The molecule has 0 aromatic heterocycles. The fraction of sp³-hybridized carbons (Fsp3) is 0.133. The summed E-state index contributed by atoms with van der Waals surface area (Å²) in [5, 5.41) is 16.3. The Morgan fingerprint density at radius 2 is 1.91 bits per heavy atom. The van der Waals surface area contributed by atoms with Crippen molar-refractivity contribution < 1.29 is 14.1 Å². The van der Waals surface area contributed by atoms with E-state index in [9.17, 15) is 19.3 Å². The molecule has 0 radical (unpaired) electrons. The van der Waals surface area contributed by atoms with E-state index in [1.165, 1.54) is 30.3 Å². The number of nitrogens with zero attached hydrogens (tertiary/aromatic N) is 1. The Hall–Kier alpha value is -2.96. The summed E-state index contributed by atoms with van der Waals surface area (Å²) in [7, 11) is 1.57. The van der Waals surface area contributed by atoms with Crippen LogP contribution in [0.15, 0.2) is 42.5 Å². The molecule has 2 rings (SSSR count). The molecule has 22 heavy (non-hydrogen) atoms. The van der Waals surface area contributed by atoms with Crippen LogP contribution < -0.4 is 10.6 Å². The molecule has 0 heterocycles. The highest BCUT2D eigenvalue weighted by molar-refractivity contribution is 5.95. The number of carbonyl (C=O) groups is 1. The van der Waals surface area contributed by atoms with Gasteiger partial charge in [-0.05, 0) is 29.8 Å². The number of hydrogen-bond donors (Lipinski definition) is 2. The summed E-state index contributed by atoms with van der Waals surface area (Å²) in [5.74, 6) is -0.788. The first-order valence-corrected chi connectivity index (χ1v) is 6.50. The molecule has 0 aliphatic heterocycles. The Bertz CT molecular complexity index is 702. The van der Waals surface area contributed by atoms with Gasteiger partial charge in [0.25, 0.3) is 11.6 Å². The molecule has 0 bridgehead atoms. The minimum absolute atomic E-state index is 0.170. The second-order valence-corrected chi connectivity index (χ2v) is 4.55. The average molecular weight is 303 g/mol. The van der Waals surface area contributed by atoms with Crippen LogP contribution in [0.1, 0.15) is 15.9 Å². The van der Waals surface area contributed by atoms with Crippen molar-refractivity contribution in [2.45, 2.75) is 6.54 Å². The maximum absolute atomic E-state index is 12.8. The van der Waals surface area contributed by atoms with E-state index < -0.39 is 10.8 Å². The lowest BCUT2D eigenvalue weighted by molar-refractivity contribution is -0.384. The van der Waals surface area contributed by atoms with Gasteiger partial charge in [0.15, 0.2) is 0 Å². The van der Waals surface area contributed by atoms with Gasteiger partial charge in [-0.25, -0.2) is 4.39 Å². The molecule has 0 spiro atoms. The molecular formula is C15H14FN3O3. The zero-order valence-electron chi connectivity index (χ0n) is 11.8. The van der Waals surface area contributed by atoms with E-state index in [4.69, 9.17) is 0 Å². The number of halogens is 1. The second kappa shape index (κ2) is 6.66. The number of nitrogens with one attached hydrogen (secondary N) is 2. The molecule has 0 aliphatic carbocycles. The monoisotopic (exact) mass is 303 g/mol. The van der Waals surface area contributed by atoms with Crippen LogP contribution in [0.25, 0.3) is 0 Å². The molecule has 2 aromatic carbocycles. The van der Waals surface area contributed by atoms with Gasteiger partial charge in [-0.15, -0.1) is 0 Å². The Morgan fingerprint density at radius 1 is 1.23 bits per heavy atom. The predicted molar refractivity (Wildman–Crippen MR) is 80.2 cm³/mol. The van der Waals surface area contributed by atoms with Crippen molar-refractivity contribution >= 4 is 17.3 Å². The average Bonchev–Trinajstić information content (AvgIpc) is 2.53. The van der Waals surface area contributed by atoms with Crippen molar-refractivity contribution in [3.63, 3.8) is 0 Å². The van der Waals surface area contributed by atoms with E-state index in [1.807, 2.05) is 0 Å². The maximum atomic E-state index is 12.8. The quantitative estimate of drug-likeness (QED) is 0.657. The summed E-state index contributed by atoms with van der Waals surface area (Å²) in [6.07, 6.45) is 0. The summed E-state index contributed by atoms with van der Waals surface area (Å²) in [6.45, 7) is 0.209. The molecule has 7 heteroatoms. The highest BCUT2D eigenvalue weighted by atomic mass is 19.1. The first-order valence-electron chi connectivity index (χ1n) is 6.50. The van der Waals surface area contributed by atoms with Crippen molar-refractivity contribution in [1.29, 1.82) is 0 Å². The highest BCUT2D eigenvalue weighted by Crippen LogP contribution is 2.24.